The lowest BCUT2D eigenvalue weighted by Gasteiger charge is -2.59. The zero-order chi connectivity index (χ0) is 44.6. The van der Waals surface area contributed by atoms with Crippen molar-refractivity contribution in [2.24, 2.45) is 22.9 Å². The van der Waals surface area contributed by atoms with Crippen LogP contribution in [0.5, 0.6) is 17.2 Å². The molecule has 3 N–H and O–H groups in total. The monoisotopic (exact) mass is 877 g/mol. The van der Waals surface area contributed by atoms with Crippen molar-refractivity contribution in [3.8, 4) is 28.4 Å². The molecule has 0 bridgehead atoms. The Morgan fingerprint density at radius 3 is 2.29 bits per heavy atom. The highest BCUT2D eigenvalue weighted by Gasteiger charge is 2.65. The molecule has 13 heteroatoms. The van der Waals surface area contributed by atoms with Crippen molar-refractivity contribution in [3.05, 3.63) is 127 Å². The Kier molecular flexibility index (Phi) is 14.8. The number of amides is 1. The Bertz CT molecular complexity index is 2370. The third-order valence-electron chi connectivity index (χ3n) is 12.4. The summed E-state index contributed by atoms with van der Waals surface area (Å²) in [6.07, 6.45) is 8.41. The number of hydrogen-bond acceptors (Lipinski definition) is 10. The second-order valence-electron chi connectivity index (χ2n) is 16.4. The minimum Gasteiger partial charge on any atom is -0.460 e. The second-order valence-corrected chi connectivity index (χ2v) is 18.4. The number of ether oxygens (including phenoxy) is 3. The molecule has 12 nitrogen and oxygen atoms in total. The zero-order valence-electron chi connectivity index (χ0n) is 36.3. The van der Waals surface area contributed by atoms with Crippen molar-refractivity contribution < 1.29 is 42.5 Å². The predicted octanol–water partition coefficient (Wildman–Crippen LogP) is 9.08. The number of rotatable bonds is 20. The lowest BCUT2D eigenvalue weighted by atomic mass is 9.55. The minimum atomic E-state index is -4.21. The van der Waals surface area contributed by atoms with E-state index in [-0.39, 0.29) is 54.8 Å². The maximum atomic E-state index is 14.8. The van der Waals surface area contributed by atoms with Crippen LogP contribution in [0.3, 0.4) is 0 Å². The lowest BCUT2D eigenvalue weighted by molar-refractivity contribution is -0.250. The number of unbranched alkanes of at least 4 members (excludes halogenated alkanes) is 2. The molecular formula is C50H59N3O9S. The van der Waals surface area contributed by atoms with Crippen LogP contribution in [0.2, 0.25) is 0 Å². The smallest absolute Gasteiger partial charge is 0.243 e. The molecule has 6 atom stereocenters. The molecule has 1 saturated carbocycles. The highest BCUT2D eigenvalue weighted by atomic mass is 32.2. The van der Waals surface area contributed by atoms with Gasteiger partial charge in [-0.25, -0.2) is 8.42 Å². The number of aliphatic hydroxyl groups is 2. The summed E-state index contributed by atoms with van der Waals surface area (Å²) in [7, 11) is -2.67. The summed E-state index contributed by atoms with van der Waals surface area (Å²) in [5, 5.41) is 27.2. The van der Waals surface area contributed by atoms with Crippen molar-refractivity contribution in [2.45, 2.75) is 81.4 Å². The average Bonchev–Trinajstić information content (AvgIpc) is 3.29. The summed E-state index contributed by atoms with van der Waals surface area (Å²) < 4.78 is 51.6. The van der Waals surface area contributed by atoms with E-state index in [1.165, 1.54) is 23.4 Å². The van der Waals surface area contributed by atoms with Crippen LogP contribution in [0.15, 0.2) is 131 Å². The number of nitrogens with one attached hydrogen (secondary N) is 1. The number of aliphatic hydroxyl groups excluding tert-OH is 2. The molecule has 3 aliphatic rings. The molecule has 0 radical (unpaired) electrons. The fraction of sp³-hybridized carbons (Fsp3) is 0.400. The van der Waals surface area contributed by atoms with Crippen LogP contribution in [0.25, 0.3) is 11.1 Å². The van der Waals surface area contributed by atoms with E-state index in [0.29, 0.717) is 48.1 Å². The molecule has 1 amide bonds. The molecule has 0 saturated heterocycles. The number of likely N-dealkylation sites (N-methyl/N-ethyl adjacent to an activating group) is 1. The van der Waals surface area contributed by atoms with E-state index in [0.717, 1.165) is 47.9 Å². The number of anilines is 1. The first-order valence-corrected chi connectivity index (χ1v) is 23.4. The van der Waals surface area contributed by atoms with E-state index in [9.17, 15) is 23.4 Å². The topological polar surface area (TPSA) is 156 Å². The standard InChI is InChI=1S/C50H59N3O9S/c1-5-30-59-50-47(53(4)63(57,58)41-25-20-38(21-26-41)51-34(3)56)33-45(52-60-6-2)43-31-37(16-10-12-28-54)42(17-11-13-29-55)48(49(43)50)44-32-40(24-27-46(44)62-50)61-39-22-18-36(19-23-39)35-14-8-7-9-15-35/h5,7-9,14-15,18-27,31-32,37,42,47-49,54-55H,1,6,10-13,16-17,28-30,33H2,2-4H3,(H,51,56)/t37-,42+,47-,48+,49+,50+/m0/s1. The molecule has 1 aliphatic heterocycles. The summed E-state index contributed by atoms with van der Waals surface area (Å²) in [4.78, 5) is 17.6. The van der Waals surface area contributed by atoms with E-state index in [1.54, 1.807) is 25.3 Å². The Morgan fingerprint density at radius 2 is 1.62 bits per heavy atom. The Morgan fingerprint density at radius 1 is 0.937 bits per heavy atom. The van der Waals surface area contributed by atoms with Crippen LogP contribution in [-0.4, -0.2) is 79.9 Å². The predicted molar refractivity (Wildman–Crippen MR) is 244 cm³/mol. The minimum absolute atomic E-state index is 0.00548. The van der Waals surface area contributed by atoms with Crippen LogP contribution in [0, 0.1) is 17.8 Å². The second kappa shape index (κ2) is 20.5. The van der Waals surface area contributed by atoms with Gasteiger partial charge in [-0.15, -0.1) is 6.58 Å². The summed E-state index contributed by atoms with van der Waals surface area (Å²) in [5.41, 5.74) is 5.03. The molecule has 334 valence electrons. The highest BCUT2D eigenvalue weighted by molar-refractivity contribution is 7.89. The molecule has 4 aromatic carbocycles. The SMILES string of the molecule is C=CCO[C@@]12Oc3ccc(Oc4ccc(-c5ccccc5)cc4)cc3[C@H]3[C@H](CCCCO)[C@@H](CCCCO)C=C(C(=NOCC)C[C@@H]1N(C)S(=O)(=O)c1ccc(NC(C)=O)cc1)[C@H]32. The van der Waals surface area contributed by atoms with Crippen LogP contribution < -0.4 is 14.8 Å². The van der Waals surface area contributed by atoms with Crippen molar-refractivity contribution in [2.75, 3.05) is 38.8 Å². The molecule has 1 fully saturated rings. The lowest BCUT2D eigenvalue weighted by Crippen LogP contribution is -2.69. The van der Waals surface area contributed by atoms with Gasteiger partial charge in [-0.1, -0.05) is 72.6 Å². The van der Waals surface area contributed by atoms with Gasteiger partial charge in [0.1, 0.15) is 23.9 Å². The number of allylic oxidation sites excluding steroid dienone is 1. The number of sulfonamides is 1. The zero-order valence-corrected chi connectivity index (χ0v) is 37.1. The maximum absolute atomic E-state index is 14.8. The van der Waals surface area contributed by atoms with Gasteiger partial charge >= 0.3 is 0 Å². The maximum Gasteiger partial charge on any atom is 0.243 e. The van der Waals surface area contributed by atoms with Gasteiger partial charge in [-0.05, 0) is 116 Å². The number of nitrogens with zero attached hydrogens (tertiary/aromatic N) is 2. The quantitative estimate of drug-likeness (QED) is 0.0448. The molecular weight excluding hydrogens is 819 g/mol. The molecule has 4 aromatic rings. The number of benzene rings is 4. The van der Waals surface area contributed by atoms with Gasteiger partial charge in [0.25, 0.3) is 0 Å². The van der Waals surface area contributed by atoms with Crippen molar-refractivity contribution in [1.82, 2.24) is 4.31 Å². The van der Waals surface area contributed by atoms with Crippen molar-refractivity contribution in [3.63, 3.8) is 0 Å². The summed E-state index contributed by atoms with van der Waals surface area (Å²) in [5.74, 6) is -0.831. The normalized spacial score (nSPS) is 23.2. The molecule has 63 heavy (non-hydrogen) atoms. The Balaban J connectivity index is 1.38. The number of oxime groups is 1. The highest BCUT2D eigenvalue weighted by Crippen LogP contribution is 2.62. The van der Waals surface area contributed by atoms with Gasteiger partial charge in [0.2, 0.25) is 21.7 Å². The molecule has 0 aromatic heterocycles. The van der Waals surface area contributed by atoms with Crippen LogP contribution in [0.1, 0.15) is 70.3 Å². The Labute approximate surface area is 371 Å². The van der Waals surface area contributed by atoms with Crippen molar-refractivity contribution in [1.29, 1.82) is 0 Å². The number of hydrogen-bond donors (Lipinski definition) is 3. The number of fused-ring (bicyclic) bond motifs is 2. The molecule has 0 unspecified atom stereocenters. The largest absolute Gasteiger partial charge is 0.460 e. The average molecular weight is 878 g/mol. The van der Waals surface area contributed by atoms with Crippen LogP contribution in [-0.2, 0) is 24.4 Å². The first-order chi connectivity index (χ1) is 30.5. The molecule has 1 heterocycles. The third kappa shape index (κ3) is 9.78. The van der Waals surface area contributed by atoms with Gasteiger partial charge in [0.05, 0.1) is 29.2 Å². The first kappa shape index (κ1) is 45.7. The summed E-state index contributed by atoms with van der Waals surface area (Å²) >= 11 is 0. The fourth-order valence-corrected chi connectivity index (χ4v) is 11.0. The van der Waals surface area contributed by atoms with E-state index < -0.39 is 27.8 Å². The number of carbonyl (C=O) groups is 1. The van der Waals surface area contributed by atoms with E-state index in [4.69, 9.17) is 24.2 Å². The first-order valence-electron chi connectivity index (χ1n) is 21.9. The molecule has 0 spiro atoms. The third-order valence-corrected chi connectivity index (χ3v) is 14.3. The van der Waals surface area contributed by atoms with E-state index >= 15 is 0 Å². The van der Waals surface area contributed by atoms with Crippen molar-refractivity contribution >= 4 is 27.3 Å². The van der Waals surface area contributed by atoms with E-state index in [2.05, 4.69) is 30.1 Å². The fourth-order valence-electron chi connectivity index (χ4n) is 9.64. The van der Waals surface area contributed by atoms with Crippen LogP contribution in [0.4, 0.5) is 5.69 Å². The molecule has 2 aliphatic carbocycles. The number of carbonyl (C=O) groups excluding carboxylic acids is 1. The van der Waals surface area contributed by atoms with Crippen LogP contribution >= 0.6 is 0 Å². The van der Waals surface area contributed by atoms with Gasteiger partial charge in [0.15, 0.2) is 0 Å². The van der Waals surface area contributed by atoms with E-state index in [1.807, 2.05) is 67.6 Å². The van der Waals surface area contributed by atoms with Gasteiger partial charge in [-0.2, -0.15) is 4.31 Å². The summed E-state index contributed by atoms with van der Waals surface area (Å²) in [6.45, 7) is 7.74. The summed E-state index contributed by atoms with van der Waals surface area (Å²) in [6, 6.07) is 29.0. The van der Waals surface area contributed by atoms with Gasteiger partial charge in [0, 0.05) is 50.8 Å². The Hall–Kier alpha value is -5.31. The van der Waals surface area contributed by atoms with Gasteiger partial charge < -0.3 is 34.6 Å². The molecule has 7 rings (SSSR count). The van der Waals surface area contributed by atoms with Gasteiger partial charge in [-0.3, -0.25) is 4.79 Å².